The van der Waals surface area contributed by atoms with Crippen molar-refractivity contribution >= 4 is 40.9 Å². The number of nitrogens with one attached hydrogen (secondary N) is 4. The molecular formula is C27H41N5O7S. The van der Waals surface area contributed by atoms with E-state index in [0.29, 0.717) is 12.8 Å². The Hall–Kier alpha value is -2.90. The molecule has 40 heavy (non-hydrogen) atoms. The van der Waals surface area contributed by atoms with Gasteiger partial charge in [-0.3, -0.25) is 29.3 Å². The van der Waals surface area contributed by atoms with Crippen LogP contribution in [0.25, 0.3) is 0 Å². The molecule has 2 aliphatic rings. The molecule has 2 fully saturated rings. The van der Waals surface area contributed by atoms with Gasteiger partial charge < -0.3 is 26.2 Å². The van der Waals surface area contributed by atoms with Crippen molar-refractivity contribution in [3.63, 3.8) is 0 Å². The van der Waals surface area contributed by atoms with Gasteiger partial charge in [0.25, 0.3) is 0 Å². The Morgan fingerprint density at radius 2 is 1.50 bits per heavy atom. The Labute approximate surface area is 238 Å². The molecule has 12 nitrogen and oxygen atoms in total. The average molecular weight is 580 g/mol. The first-order chi connectivity index (χ1) is 19.2. The number of nitrogens with zero attached hydrogens (tertiary/aromatic N) is 1. The summed E-state index contributed by atoms with van der Waals surface area (Å²) in [6.45, 7) is 1.22. The first-order valence-electron chi connectivity index (χ1n) is 14.1. The van der Waals surface area contributed by atoms with Gasteiger partial charge in [0.2, 0.25) is 17.6 Å². The molecule has 0 spiro atoms. The largest absolute Gasteiger partial charge is 0.481 e. The first-order valence-corrected chi connectivity index (χ1v) is 15.0. The number of ketones is 1. The number of thiazole rings is 1. The number of piperidine rings is 1. The second kappa shape index (κ2) is 16.4. The Morgan fingerprint density at radius 1 is 0.875 bits per heavy atom. The molecule has 1 unspecified atom stereocenters. The van der Waals surface area contributed by atoms with Crippen LogP contribution in [0.5, 0.6) is 0 Å². The maximum absolute atomic E-state index is 13.5. The van der Waals surface area contributed by atoms with E-state index < -0.39 is 48.4 Å². The number of aromatic nitrogens is 1. The van der Waals surface area contributed by atoms with E-state index >= 15 is 0 Å². The Balaban J connectivity index is 1.74. The SMILES string of the molecule is O=C(O)CC[C@H](NC(=O)[C@@H](CC1CCCCC1)NCC(=O)O)C(=O)NC(CC1CCNCC1)C(=O)c1nccs1. The van der Waals surface area contributed by atoms with Crippen molar-refractivity contribution in [2.24, 2.45) is 11.8 Å². The third kappa shape index (κ3) is 10.6. The minimum absolute atomic E-state index is 0.173. The molecule has 1 aliphatic carbocycles. The number of amides is 2. The van der Waals surface area contributed by atoms with Gasteiger partial charge >= 0.3 is 11.9 Å². The number of carbonyl (C=O) groups excluding carboxylic acids is 3. The monoisotopic (exact) mass is 579 g/mol. The molecule has 1 aliphatic heterocycles. The maximum atomic E-state index is 13.5. The Kier molecular flexibility index (Phi) is 13.0. The molecule has 2 heterocycles. The molecule has 3 rings (SSSR count). The third-order valence-corrected chi connectivity index (χ3v) is 8.48. The van der Waals surface area contributed by atoms with Gasteiger partial charge in [-0.2, -0.15) is 0 Å². The van der Waals surface area contributed by atoms with E-state index in [9.17, 15) is 29.1 Å². The van der Waals surface area contributed by atoms with Crippen molar-refractivity contribution < 1.29 is 34.2 Å². The molecule has 1 saturated carbocycles. The van der Waals surface area contributed by atoms with Crippen LogP contribution in [-0.4, -0.2) is 82.5 Å². The number of Topliss-reactive ketones (excluding diaryl/α,β-unsaturated/α-hetero) is 1. The number of rotatable bonds is 16. The summed E-state index contributed by atoms with van der Waals surface area (Å²) in [6.07, 6.45) is 8.64. The molecule has 0 aromatic carbocycles. The third-order valence-electron chi connectivity index (χ3n) is 7.69. The molecule has 1 saturated heterocycles. The number of hydrogen-bond acceptors (Lipinski definition) is 9. The second-order valence-electron chi connectivity index (χ2n) is 10.8. The summed E-state index contributed by atoms with van der Waals surface area (Å²) in [4.78, 5) is 66.8. The molecule has 1 aromatic heterocycles. The van der Waals surface area contributed by atoms with Crippen LogP contribution in [0, 0.1) is 11.8 Å². The van der Waals surface area contributed by atoms with Crippen LogP contribution in [0.2, 0.25) is 0 Å². The molecular weight excluding hydrogens is 538 g/mol. The minimum atomic E-state index is -1.20. The van der Waals surface area contributed by atoms with E-state index in [2.05, 4.69) is 26.3 Å². The van der Waals surface area contributed by atoms with Gasteiger partial charge in [-0.15, -0.1) is 11.3 Å². The summed E-state index contributed by atoms with van der Waals surface area (Å²) in [5.41, 5.74) is 0. The predicted octanol–water partition coefficient (Wildman–Crippen LogP) is 1.56. The molecule has 1 aromatic rings. The zero-order valence-corrected chi connectivity index (χ0v) is 23.5. The van der Waals surface area contributed by atoms with Gasteiger partial charge in [0.15, 0.2) is 5.01 Å². The molecule has 13 heteroatoms. The topological polar surface area (TPSA) is 187 Å². The van der Waals surface area contributed by atoms with E-state index in [-0.39, 0.29) is 35.5 Å². The number of hydrogen-bond donors (Lipinski definition) is 6. The molecule has 0 bridgehead atoms. The number of aliphatic carboxylic acids is 2. The lowest BCUT2D eigenvalue weighted by atomic mass is 9.84. The van der Waals surface area contributed by atoms with Crippen LogP contribution < -0.4 is 21.3 Å². The molecule has 0 radical (unpaired) electrons. The van der Waals surface area contributed by atoms with E-state index in [1.165, 1.54) is 17.5 Å². The zero-order valence-electron chi connectivity index (χ0n) is 22.7. The fraction of sp³-hybridized carbons (Fsp3) is 0.704. The van der Waals surface area contributed by atoms with Crippen molar-refractivity contribution in [2.45, 2.75) is 88.8 Å². The van der Waals surface area contributed by atoms with Crippen LogP contribution in [0.1, 0.15) is 80.4 Å². The Bertz CT molecular complexity index is 993. The maximum Gasteiger partial charge on any atom is 0.317 e. The van der Waals surface area contributed by atoms with E-state index in [4.69, 9.17) is 5.11 Å². The molecule has 6 N–H and O–H groups in total. The van der Waals surface area contributed by atoms with Gasteiger partial charge in [-0.05, 0) is 57.0 Å². The highest BCUT2D eigenvalue weighted by Gasteiger charge is 2.33. The number of carboxylic acids is 2. The quantitative estimate of drug-likeness (QED) is 0.157. The van der Waals surface area contributed by atoms with Crippen LogP contribution >= 0.6 is 11.3 Å². The lowest BCUT2D eigenvalue weighted by molar-refractivity contribution is -0.139. The van der Waals surface area contributed by atoms with Crippen LogP contribution in [0.15, 0.2) is 11.6 Å². The smallest absolute Gasteiger partial charge is 0.317 e. The van der Waals surface area contributed by atoms with E-state index in [1.54, 1.807) is 5.38 Å². The van der Waals surface area contributed by atoms with Gasteiger partial charge in [0.05, 0.1) is 18.6 Å². The second-order valence-corrected chi connectivity index (χ2v) is 11.6. The fourth-order valence-corrected chi connectivity index (χ4v) is 6.14. The first kappa shape index (κ1) is 31.6. The highest BCUT2D eigenvalue weighted by molar-refractivity contribution is 7.11. The van der Waals surface area contributed by atoms with Gasteiger partial charge in [-0.1, -0.05) is 32.1 Å². The van der Waals surface area contributed by atoms with Gasteiger partial charge in [0.1, 0.15) is 6.04 Å². The molecule has 3 atom stereocenters. The Morgan fingerprint density at radius 3 is 2.12 bits per heavy atom. The summed E-state index contributed by atoms with van der Waals surface area (Å²) >= 11 is 1.18. The summed E-state index contributed by atoms with van der Waals surface area (Å²) in [5, 5.41) is 31.9. The van der Waals surface area contributed by atoms with Crippen molar-refractivity contribution in [2.75, 3.05) is 19.6 Å². The number of carboxylic acid groups (broad SMARTS) is 2. The zero-order chi connectivity index (χ0) is 28.9. The standard InChI is InChI=1S/C27H41N5O7S/c33-22(34)7-6-19(31-26(39)21(30-16-23(35)36)15-17-4-2-1-3-5-17)25(38)32-20(14-18-8-10-28-11-9-18)24(37)27-29-12-13-40-27/h12-13,17-21,28,30H,1-11,14-16H2,(H,31,39)(H,32,38)(H,33,34)(H,35,36)/t19-,20?,21+/m0/s1. The van der Waals surface area contributed by atoms with Crippen LogP contribution in [0.4, 0.5) is 0 Å². The summed E-state index contributed by atoms with van der Waals surface area (Å²) in [5.74, 6) is -3.29. The van der Waals surface area contributed by atoms with Crippen LogP contribution in [-0.2, 0) is 19.2 Å². The summed E-state index contributed by atoms with van der Waals surface area (Å²) in [7, 11) is 0. The van der Waals surface area contributed by atoms with Crippen molar-refractivity contribution in [3.05, 3.63) is 16.6 Å². The number of carbonyl (C=O) groups is 5. The molecule has 2 amide bonds. The van der Waals surface area contributed by atoms with Crippen molar-refractivity contribution in [1.82, 2.24) is 26.3 Å². The van der Waals surface area contributed by atoms with Gasteiger partial charge in [0, 0.05) is 18.0 Å². The fourth-order valence-electron chi connectivity index (χ4n) is 5.51. The van der Waals surface area contributed by atoms with Crippen molar-refractivity contribution in [3.8, 4) is 0 Å². The minimum Gasteiger partial charge on any atom is -0.481 e. The lowest BCUT2D eigenvalue weighted by Gasteiger charge is -2.29. The highest BCUT2D eigenvalue weighted by Crippen LogP contribution is 2.27. The normalized spacial score (nSPS) is 18.8. The summed E-state index contributed by atoms with van der Waals surface area (Å²) in [6, 6.07) is -2.92. The average Bonchev–Trinajstić information content (AvgIpc) is 3.48. The van der Waals surface area contributed by atoms with Crippen molar-refractivity contribution in [1.29, 1.82) is 0 Å². The van der Waals surface area contributed by atoms with E-state index in [0.717, 1.165) is 58.0 Å². The van der Waals surface area contributed by atoms with Crippen LogP contribution in [0.3, 0.4) is 0 Å². The predicted molar refractivity (Wildman–Crippen MR) is 148 cm³/mol. The van der Waals surface area contributed by atoms with E-state index in [1.807, 2.05) is 0 Å². The molecule has 222 valence electrons. The van der Waals surface area contributed by atoms with Gasteiger partial charge in [-0.25, -0.2) is 4.98 Å². The lowest BCUT2D eigenvalue weighted by Crippen LogP contribution is -2.56. The summed E-state index contributed by atoms with van der Waals surface area (Å²) < 4.78 is 0. The highest BCUT2D eigenvalue weighted by atomic mass is 32.1.